The number of benzene rings is 2. The summed E-state index contributed by atoms with van der Waals surface area (Å²) in [6, 6.07) is 13.0. The Morgan fingerprint density at radius 2 is 1.80 bits per heavy atom. The second-order valence-electron chi connectivity index (χ2n) is 6.39. The van der Waals surface area contributed by atoms with Gasteiger partial charge in [0.1, 0.15) is 5.75 Å². The number of hydrogen-bond acceptors (Lipinski definition) is 2. The Balaban J connectivity index is 1.69. The summed E-state index contributed by atoms with van der Waals surface area (Å²) in [5.41, 5.74) is 1.45. The minimum absolute atomic E-state index is 0.349. The molecule has 2 aromatic rings. The van der Waals surface area contributed by atoms with Crippen molar-refractivity contribution in [1.82, 2.24) is 4.90 Å². The standard InChI is InChI=1S/C18H21NO/c20-17-7-6-14-10-16(5-4-15(14)11-17)18-8-3-13-2-1-9-19(18)12-13/h4-7,10-11,13,18,20H,1-3,8-9,12H2. The summed E-state index contributed by atoms with van der Waals surface area (Å²) in [6.07, 6.45) is 5.48. The van der Waals surface area contributed by atoms with Crippen LogP contribution < -0.4 is 0 Å². The molecule has 2 saturated heterocycles. The highest BCUT2D eigenvalue weighted by Crippen LogP contribution is 2.38. The molecule has 0 spiro atoms. The van der Waals surface area contributed by atoms with Crippen molar-refractivity contribution < 1.29 is 5.11 Å². The van der Waals surface area contributed by atoms with Crippen LogP contribution in [0.1, 0.15) is 37.3 Å². The number of piperidine rings is 2. The van der Waals surface area contributed by atoms with Crippen LogP contribution in [-0.4, -0.2) is 23.1 Å². The third kappa shape index (κ3) is 2.08. The Morgan fingerprint density at radius 3 is 2.75 bits per heavy atom. The fourth-order valence-corrected chi connectivity index (χ4v) is 4.03. The number of rotatable bonds is 1. The van der Waals surface area contributed by atoms with Crippen molar-refractivity contribution in [3.63, 3.8) is 0 Å². The molecule has 2 bridgehead atoms. The highest BCUT2D eigenvalue weighted by Gasteiger charge is 2.31. The van der Waals surface area contributed by atoms with Gasteiger partial charge in [-0.1, -0.05) is 18.2 Å². The molecule has 0 amide bonds. The van der Waals surface area contributed by atoms with Crippen molar-refractivity contribution in [3.05, 3.63) is 42.0 Å². The molecule has 2 aliphatic rings. The van der Waals surface area contributed by atoms with Gasteiger partial charge in [0.15, 0.2) is 0 Å². The van der Waals surface area contributed by atoms with Gasteiger partial charge in [-0.2, -0.15) is 0 Å². The average Bonchev–Trinajstić information content (AvgIpc) is 2.47. The van der Waals surface area contributed by atoms with Gasteiger partial charge in [0.05, 0.1) is 0 Å². The summed E-state index contributed by atoms with van der Waals surface area (Å²) in [5.74, 6) is 1.29. The highest BCUT2D eigenvalue weighted by molar-refractivity contribution is 5.84. The van der Waals surface area contributed by atoms with Gasteiger partial charge in [-0.25, -0.2) is 0 Å². The molecule has 2 heteroatoms. The molecule has 3 atom stereocenters. The van der Waals surface area contributed by atoms with Crippen LogP contribution in [0.15, 0.2) is 36.4 Å². The molecule has 4 rings (SSSR count). The van der Waals surface area contributed by atoms with E-state index in [4.69, 9.17) is 0 Å². The van der Waals surface area contributed by atoms with Crippen molar-refractivity contribution in [1.29, 1.82) is 0 Å². The molecule has 104 valence electrons. The third-order valence-electron chi connectivity index (χ3n) is 5.07. The molecule has 20 heavy (non-hydrogen) atoms. The van der Waals surface area contributed by atoms with E-state index in [1.807, 2.05) is 12.1 Å². The molecule has 0 saturated carbocycles. The minimum Gasteiger partial charge on any atom is -0.508 e. The van der Waals surface area contributed by atoms with Crippen LogP contribution in [0.3, 0.4) is 0 Å². The first-order valence-corrected chi connectivity index (χ1v) is 7.76. The maximum Gasteiger partial charge on any atom is 0.116 e. The van der Waals surface area contributed by atoms with Crippen molar-refractivity contribution in [3.8, 4) is 5.75 Å². The summed E-state index contributed by atoms with van der Waals surface area (Å²) in [6.45, 7) is 2.55. The number of aromatic hydroxyl groups is 1. The number of phenols is 1. The lowest BCUT2D eigenvalue weighted by atomic mass is 9.83. The Bertz CT molecular complexity index is 636. The van der Waals surface area contributed by atoms with E-state index < -0.39 is 0 Å². The SMILES string of the molecule is Oc1ccc2cc(C3CCC4CCCN3C4)ccc2c1. The second-order valence-corrected chi connectivity index (χ2v) is 6.39. The molecule has 2 nitrogen and oxygen atoms in total. The molecule has 0 aromatic heterocycles. The lowest BCUT2D eigenvalue weighted by molar-refractivity contribution is 0.0672. The lowest BCUT2D eigenvalue weighted by Crippen LogP contribution is -2.42. The maximum absolute atomic E-state index is 9.56. The van der Waals surface area contributed by atoms with Crippen LogP contribution in [0.25, 0.3) is 10.8 Å². The number of phenolic OH excluding ortho intramolecular Hbond substituents is 1. The Kier molecular flexibility index (Phi) is 2.92. The van der Waals surface area contributed by atoms with Crippen LogP contribution in [0.2, 0.25) is 0 Å². The predicted molar refractivity (Wildman–Crippen MR) is 81.9 cm³/mol. The van der Waals surface area contributed by atoms with Gasteiger partial charge >= 0.3 is 0 Å². The quantitative estimate of drug-likeness (QED) is 0.841. The maximum atomic E-state index is 9.56. The summed E-state index contributed by atoms with van der Waals surface area (Å²) in [4.78, 5) is 2.68. The third-order valence-corrected chi connectivity index (χ3v) is 5.07. The van der Waals surface area contributed by atoms with Gasteiger partial charge in [-0.05, 0) is 72.7 Å². The van der Waals surface area contributed by atoms with Gasteiger partial charge in [-0.15, -0.1) is 0 Å². The van der Waals surface area contributed by atoms with E-state index in [0.29, 0.717) is 11.8 Å². The van der Waals surface area contributed by atoms with E-state index in [9.17, 15) is 5.11 Å². The summed E-state index contributed by atoms with van der Waals surface area (Å²) in [7, 11) is 0. The van der Waals surface area contributed by atoms with E-state index in [0.717, 1.165) is 11.3 Å². The fraction of sp³-hybridized carbons (Fsp3) is 0.444. The van der Waals surface area contributed by atoms with Gasteiger partial charge in [-0.3, -0.25) is 4.90 Å². The van der Waals surface area contributed by atoms with Crippen LogP contribution in [0, 0.1) is 5.92 Å². The number of fused-ring (bicyclic) bond motifs is 3. The fourth-order valence-electron chi connectivity index (χ4n) is 4.03. The van der Waals surface area contributed by atoms with E-state index in [1.54, 1.807) is 6.07 Å². The van der Waals surface area contributed by atoms with E-state index in [-0.39, 0.29) is 0 Å². The molecule has 1 N–H and O–H groups in total. The smallest absolute Gasteiger partial charge is 0.116 e. The van der Waals surface area contributed by atoms with Gasteiger partial charge in [0, 0.05) is 12.6 Å². The molecule has 2 aromatic carbocycles. The number of nitrogens with zero attached hydrogens (tertiary/aromatic N) is 1. The molecular weight excluding hydrogens is 246 g/mol. The molecule has 2 heterocycles. The molecule has 2 fully saturated rings. The monoisotopic (exact) mass is 267 g/mol. The first-order chi connectivity index (χ1) is 9.79. The molecule has 2 aliphatic heterocycles. The zero-order valence-corrected chi connectivity index (χ0v) is 11.8. The molecule has 0 aliphatic carbocycles. The average molecular weight is 267 g/mol. The minimum atomic E-state index is 0.349. The van der Waals surface area contributed by atoms with E-state index >= 15 is 0 Å². The van der Waals surface area contributed by atoms with Crippen LogP contribution in [-0.2, 0) is 0 Å². The Morgan fingerprint density at radius 1 is 0.950 bits per heavy atom. The predicted octanol–water partition coefficient (Wildman–Crippen LogP) is 4.09. The summed E-state index contributed by atoms with van der Waals surface area (Å²) < 4.78 is 0. The summed E-state index contributed by atoms with van der Waals surface area (Å²) >= 11 is 0. The Labute approximate surface area is 120 Å². The van der Waals surface area contributed by atoms with Crippen molar-refractivity contribution in [2.24, 2.45) is 5.92 Å². The van der Waals surface area contributed by atoms with Gasteiger partial charge in [0.2, 0.25) is 0 Å². The van der Waals surface area contributed by atoms with Crippen LogP contribution >= 0.6 is 0 Å². The zero-order valence-electron chi connectivity index (χ0n) is 11.8. The highest BCUT2D eigenvalue weighted by atomic mass is 16.3. The Hall–Kier alpha value is -1.54. The van der Waals surface area contributed by atoms with E-state index in [2.05, 4.69) is 23.1 Å². The normalized spacial score (nSPS) is 29.5. The van der Waals surface area contributed by atoms with E-state index in [1.165, 1.54) is 49.7 Å². The zero-order chi connectivity index (χ0) is 13.5. The van der Waals surface area contributed by atoms with Gasteiger partial charge < -0.3 is 5.11 Å². The van der Waals surface area contributed by atoms with Gasteiger partial charge in [0.25, 0.3) is 0 Å². The van der Waals surface area contributed by atoms with Crippen molar-refractivity contribution in [2.45, 2.75) is 31.7 Å². The largest absolute Gasteiger partial charge is 0.508 e. The second kappa shape index (κ2) is 4.78. The number of hydrogen-bond donors (Lipinski definition) is 1. The summed E-state index contributed by atoms with van der Waals surface area (Å²) in [5, 5.41) is 11.9. The lowest BCUT2D eigenvalue weighted by Gasteiger charge is -2.43. The topological polar surface area (TPSA) is 23.5 Å². The molecule has 0 radical (unpaired) electrons. The first-order valence-electron chi connectivity index (χ1n) is 7.76. The first kappa shape index (κ1) is 12.2. The van der Waals surface area contributed by atoms with Crippen LogP contribution in [0.4, 0.5) is 0 Å². The van der Waals surface area contributed by atoms with Crippen LogP contribution in [0.5, 0.6) is 5.75 Å². The van der Waals surface area contributed by atoms with Crippen molar-refractivity contribution >= 4 is 10.8 Å². The van der Waals surface area contributed by atoms with Crippen molar-refractivity contribution in [2.75, 3.05) is 13.1 Å². The molecular formula is C18H21NO. The molecule has 3 unspecified atom stereocenters.